The fraction of sp³-hybridized carbons (Fsp3) is 0.429. The largest absolute Gasteiger partial charge is 0.507 e. The molecule has 0 aliphatic carbocycles. The van der Waals surface area contributed by atoms with Crippen molar-refractivity contribution in [1.29, 1.82) is 0 Å². The molecule has 1 aromatic carbocycles. The average molecular weight is 357 g/mol. The number of rotatable bonds is 2. The number of likely N-dealkylation sites (tertiary alicyclic amines) is 1. The molecule has 1 aliphatic rings. The Kier molecular flexibility index (Phi) is 4.34. The van der Waals surface area contributed by atoms with Crippen LogP contribution in [0.25, 0.3) is 0 Å². The Morgan fingerprint density at radius 1 is 1.45 bits per heavy atom. The van der Waals surface area contributed by atoms with Crippen molar-refractivity contribution in [2.75, 3.05) is 13.1 Å². The Bertz CT molecular complexity index is 554. The van der Waals surface area contributed by atoms with Gasteiger partial charge >= 0.3 is 0 Å². The maximum atomic E-state index is 12.4. The van der Waals surface area contributed by atoms with Gasteiger partial charge in [0.25, 0.3) is 5.91 Å². The van der Waals surface area contributed by atoms with Gasteiger partial charge in [0.05, 0.1) is 10.6 Å². The number of thiocarbonyl (C=S) groups is 1. The molecule has 1 amide bonds. The first-order chi connectivity index (χ1) is 9.33. The van der Waals surface area contributed by atoms with Crippen LogP contribution >= 0.6 is 28.1 Å². The Labute approximate surface area is 132 Å². The summed E-state index contributed by atoms with van der Waals surface area (Å²) in [5.41, 5.74) is 5.91. The van der Waals surface area contributed by atoms with Gasteiger partial charge in [-0.3, -0.25) is 4.79 Å². The molecule has 0 atom stereocenters. The lowest BCUT2D eigenvalue weighted by atomic mass is 9.80. The van der Waals surface area contributed by atoms with Crippen molar-refractivity contribution >= 4 is 39.0 Å². The van der Waals surface area contributed by atoms with E-state index in [4.69, 9.17) is 18.0 Å². The number of aromatic hydroxyl groups is 1. The van der Waals surface area contributed by atoms with Crippen LogP contribution in [0.2, 0.25) is 0 Å². The van der Waals surface area contributed by atoms with Crippen LogP contribution in [0.5, 0.6) is 5.75 Å². The molecular formula is C14H17BrN2O2S. The molecule has 4 nitrogen and oxygen atoms in total. The molecule has 108 valence electrons. The smallest absolute Gasteiger partial charge is 0.257 e. The lowest BCUT2D eigenvalue weighted by Crippen LogP contribution is -2.46. The van der Waals surface area contributed by atoms with E-state index in [0.717, 1.165) is 17.3 Å². The Hall–Kier alpha value is -1.14. The highest BCUT2D eigenvalue weighted by molar-refractivity contribution is 9.10. The lowest BCUT2D eigenvalue weighted by molar-refractivity contribution is 0.0667. The molecule has 20 heavy (non-hydrogen) atoms. The summed E-state index contributed by atoms with van der Waals surface area (Å²) in [6, 6.07) is 4.90. The maximum Gasteiger partial charge on any atom is 0.257 e. The molecule has 0 saturated carbocycles. The Morgan fingerprint density at radius 2 is 2.05 bits per heavy atom. The molecule has 2 rings (SSSR count). The minimum atomic E-state index is -0.173. The van der Waals surface area contributed by atoms with Crippen molar-refractivity contribution in [3.63, 3.8) is 0 Å². The minimum absolute atomic E-state index is 0.00736. The summed E-state index contributed by atoms with van der Waals surface area (Å²) in [6.45, 7) is 3.23. The van der Waals surface area contributed by atoms with Gasteiger partial charge in [-0.15, -0.1) is 0 Å². The number of carbonyl (C=O) groups is 1. The fourth-order valence-corrected chi connectivity index (χ4v) is 2.86. The van der Waals surface area contributed by atoms with Crippen LogP contribution in [0.3, 0.4) is 0 Å². The highest BCUT2D eigenvalue weighted by Gasteiger charge is 2.34. The van der Waals surface area contributed by atoms with E-state index in [1.54, 1.807) is 17.0 Å². The third kappa shape index (κ3) is 2.96. The second kappa shape index (κ2) is 5.69. The summed E-state index contributed by atoms with van der Waals surface area (Å²) >= 11 is 8.35. The minimum Gasteiger partial charge on any atom is -0.507 e. The first kappa shape index (κ1) is 15.3. The van der Waals surface area contributed by atoms with E-state index in [0.29, 0.717) is 23.6 Å². The third-order valence-corrected chi connectivity index (χ3v) is 4.93. The van der Waals surface area contributed by atoms with Gasteiger partial charge < -0.3 is 15.7 Å². The van der Waals surface area contributed by atoms with Crippen molar-refractivity contribution in [1.82, 2.24) is 4.90 Å². The van der Waals surface area contributed by atoms with Gasteiger partial charge in [-0.2, -0.15) is 0 Å². The topological polar surface area (TPSA) is 66.6 Å². The van der Waals surface area contributed by atoms with Gasteiger partial charge in [-0.1, -0.05) is 35.1 Å². The molecule has 0 spiro atoms. The molecule has 3 N–H and O–H groups in total. The van der Waals surface area contributed by atoms with Crippen LogP contribution in [-0.4, -0.2) is 34.0 Å². The van der Waals surface area contributed by atoms with Crippen LogP contribution in [0.1, 0.15) is 30.1 Å². The van der Waals surface area contributed by atoms with Crippen molar-refractivity contribution in [2.24, 2.45) is 11.1 Å². The van der Waals surface area contributed by atoms with Crippen molar-refractivity contribution in [3.05, 3.63) is 28.2 Å². The molecule has 1 fully saturated rings. The third-order valence-electron chi connectivity index (χ3n) is 3.94. The highest BCUT2D eigenvalue weighted by Crippen LogP contribution is 2.32. The number of amides is 1. The molecule has 1 aliphatic heterocycles. The van der Waals surface area contributed by atoms with Gasteiger partial charge in [-0.05, 0) is 31.0 Å². The molecule has 0 aromatic heterocycles. The number of piperidine rings is 1. The molecule has 1 saturated heterocycles. The molecule has 0 bridgehead atoms. The van der Waals surface area contributed by atoms with Crippen LogP contribution < -0.4 is 5.73 Å². The summed E-state index contributed by atoms with van der Waals surface area (Å²) < 4.78 is 0.742. The molecular weight excluding hydrogens is 340 g/mol. The standard InChI is InChI=1S/C14H17BrN2O2S/c1-14(13(16)20)4-6-17(7-5-14)12(19)10-3-2-9(15)8-11(10)18/h2-3,8,18H,4-7H2,1H3,(H2,16,20). The van der Waals surface area contributed by atoms with Crippen LogP contribution in [0.4, 0.5) is 0 Å². The van der Waals surface area contributed by atoms with Gasteiger partial charge in [0.1, 0.15) is 5.75 Å². The zero-order chi connectivity index (χ0) is 14.9. The number of phenolic OH excluding ortho intramolecular Hbond substituents is 1. The zero-order valence-electron chi connectivity index (χ0n) is 11.2. The number of carbonyl (C=O) groups excluding carboxylic acids is 1. The summed E-state index contributed by atoms with van der Waals surface area (Å²) in [6.07, 6.45) is 1.51. The second-order valence-electron chi connectivity index (χ2n) is 5.38. The van der Waals surface area contributed by atoms with E-state index >= 15 is 0 Å². The van der Waals surface area contributed by atoms with E-state index in [9.17, 15) is 9.90 Å². The zero-order valence-corrected chi connectivity index (χ0v) is 13.6. The van der Waals surface area contributed by atoms with Crippen LogP contribution in [0.15, 0.2) is 22.7 Å². The van der Waals surface area contributed by atoms with Gasteiger partial charge in [0.15, 0.2) is 0 Å². The number of benzene rings is 1. The van der Waals surface area contributed by atoms with Gasteiger partial charge in [-0.25, -0.2) is 0 Å². The number of nitrogens with zero attached hydrogens (tertiary/aromatic N) is 1. The fourth-order valence-electron chi connectivity index (χ4n) is 2.31. The van der Waals surface area contributed by atoms with E-state index in [1.165, 1.54) is 6.07 Å². The number of halogens is 1. The molecule has 0 unspecified atom stereocenters. The average Bonchev–Trinajstić information content (AvgIpc) is 2.38. The van der Waals surface area contributed by atoms with Gasteiger partial charge in [0.2, 0.25) is 0 Å². The van der Waals surface area contributed by atoms with Crippen LogP contribution in [0, 0.1) is 5.41 Å². The van der Waals surface area contributed by atoms with E-state index in [1.807, 2.05) is 6.92 Å². The number of hydrogen-bond acceptors (Lipinski definition) is 3. The first-order valence-electron chi connectivity index (χ1n) is 6.41. The number of nitrogens with two attached hydrogens (primary N) is 1. The maximum absolute atomic E-state index is 12.4. The Morgan fingerprint density at radius 3 is 2.55 bits per heavy atom. The monoisotopic (exact) mass is 356 g/mol. The normalized spacial score (nSPS) is 17.8. The SMILES string of the molecule is CC1(C(N)=S)CCN(C(=O)c2ccc(Br)cc2O)CC1. The summed E-state index contributed by atoms with van der Waals surface area (Å²) in [4.78, 5) is 14.6. The predicted molar refractivity (Wildman–Crippen MR) is 85.8 cm³/mol. The second-order valence-corrected chi connectivity index (χ2v) is 6.73. The lowest BCUT2D eigenvalue weighted by Gasteiger charge is -2.38. The summed E-state index contributed by atoms with van der Waals surface area (Å²) in [5, 5.41) is 9.87. The molecule has 1 heterocycles. The van der Waals surface area contributed by atoms with Gasteiger partial charge in [0, 0.05) is 23.0 Å². The van der Waals surface area contributed by atoms with E-state index < -0.39 is 0 Å². The summed E-state index contributed by atoms with van der Waals surface area (Å²) in [5.74, 6) is -0.160. The number of phenols is 1. The van der Waals surface area contributed by atoms with Crippen molar-refractivity contribution in [2.45, 2.75) is 19.8 Å². The van der Waals surface area contributed by atoms with Crippen molar-refractivity contribution < 1.29 is 9.90 Å². The van der Waals surface area contributed by atoms with E-state index in [-0.39, 0.29) is 17.1 Å². The number of hydrogen-bond donors (Lipinski definition) is 2. The van der Waals surface area contributed by atoms with E-state index in [2.05, 4.69) is 15.9 Å². The molecule has 0 radical (unpaired) electrons. The predicted octanol–water partition coefficient (Wildman–Crippen LogP) is 2.68. The molecule has 6 heteroatoms. The summed E-state index contributed by atoms with van der Waals surface area (Å²) in [7, 11) is 0. The highest BCUT2D eigenvalue weighted by atomic mass is 79.9. The van der Waals surface area contributed by atoms with Crippen LogP contribution in [-0.2, 0) is 0 Å². The first-order valence-corrected chi connectivity index (χ1v) is 7.61. The molecule has 1 aromatic rings. The quantitative estimate of drug-likeness (QED) is 0.799. The Balaban J connectivity index is 2.11. The van der Waals surface area contributed by atoms with Crippen molar-refractivity contribution in [3.8, 4) is 5.75 Å².